The van der Waals surface area contributed by atoms with Crippen LogP contribution in [0.1, 0.15) is 24.6 Å². The summed E-state index contributed by atoms with van der Waals surface area (Å²) in [5, 5.41) is 6.94. The summed E-state index contributed by atoms with van der Waals surface area (Å²) in [6, 6.07) is 3.48. The fourth-order valence-electron chi connectivity index (χ4n) is 3.31. The molecule has 2 aliphatic rings. The van der Waals surface area contributed by atoms with Crippen LogP contribution in [-0.2, 0) is 11.8 Å². The molecule has 9 heteroatoms. The molecular formula is C17H23N7O2. The van der Waals surface area contributed by atoms with Gasteiger partial charge in [0.25, 0.3) is 0 Å². The van der Waals surface area contributed by atoms with Crippen LogP contribution >= 0.6 is 0 Å². The molecule has 0 saturated carbocycles. The van der Waals surface area contributed by atoms with E-state index >= 15 is 0 Å². The number of hydrogen-bond acceptors (Lipinski definition) is 6. The van der Waals surface area contributed by atoms with E-state index in [0.29, 0.717) is 25.5 Å². The number of carbonyl (C=O) groups excluding carboxylic acids is 1. The maximum absolute atomic E-state index is 12.5. The molecule has 2 aromatic heterocycles. The van der Waals surface area contributed by atoms with Crippen LogP contribution in [-0.4, -0.2) is 63.5 Å². The van der Waals surface area contributed by atoms with Crippen LogP contribution in [0.3, 0.4) is 0 Å². The van der Waals surface area contributed by atoms with Gasteiger partial charge >= 0.3 is 6.03 Å². The van der Waals surface area contributed by atoms with Crippen molar-refractivity contribution in [1.82, 2.24) is 24.6 Å². The van der Waals surface area contributed by atoms with E-state index in [0.717, 1.165) is 24.7 Å². The van der Waals surface area contributed by atoms with Crippen molar-refractivity contribution in [3.8, 4) is 0 Å². The summed E-state index contributed by atoms with van der Waals surface area (Å²) in [6.07, 6.45) is 5.53. The predicted octanol–water partition coefficient (Wildman–Crippen LogP) is 1.42. The highest BCUT2D eigenvalue weighted by Crippen LogP contribution is 2.23. The van der Waals surface area contributed by atoms with Crippen LogP contribution in [0.5, 0.6) is 0 Å². The highest BCUT2D eigenvalue weighted by molar-refractivity contribution is 5.88. The second-order valence-electron chi connectivity index (χ2n) is 6.55. The minimum absolute atomic E-state index is 0.157. The normalized spacial score (nSPS) is 20.4. The van der Waals surface area contributed by atoms with Crippen LogP contribution in [0.2, 0.25) is 0 Å². The fourth-order valence-corrected chi connectivity index (χ4v) is 3.31. The summed E-state index contributed by atoms with van der Waals surface area (Å²) >= 11 is 0. The monoisotopic (exact) mass is 357 g/mol. The van der Waals surface area contributed by atoms with Gasteiger partial charge in [0.15, 0.2) is 0 Å². The third kappa shape index (κ3) is 3.48. The Kier molecular flexibility index (Phi) is 4.70. The number of morpholine rings is 1. The SMILES string of the molecule is Cn1nccc1NC(=O)N1CCO[C@@H](c2ccnc(N3CCCC3)n2)C1. The van der Waals surface area contributed by atoms with Crippen molar-refractivity contribution in [3.63, 3.8) is 0 Å². The second kappa shape index (κ2) is 7.28. The van der Waals surface area contributed by atoms with Gasteiger partial charge in [-0.05, 0) is 18.9 Å². The summed E-state index contributed by atoms with van der Waals surface area (Å²) < 4.78 is 7.50. The van der Waals surface area contributed by atoms with Gasteiger partial charge in [0.1, 0.15) is 11.9 Å². The van der Waals surface area contributed by atoms with Crippen LogP contribution in [0.4, 0.5) is 16.6 Å². The molecule has 2 fully saturated rings. The molecule has 26 heavy (non-hydrogen) atoms. The summed E-state index contributed by atoms with van der Waals surface area (Å²) in [7, 11) is 1.79. The number of nitrogens with one attached hydrogen (secondary N) is 1. The first-order chi connectivity index (χ1) is 12.7. The van der Waals surface area contributed by atoms with Gasteiger partial charge in [-0.1, -0.05) is 0 Å². The average Bonchev–Trinajstić information content (AvgIpc) is 3.35. The third-order valence-electron chi connectivity index (χ3n) is 4.79. The summed E-state index contributed by atoms with van der Waals surface area (Å²) in [5.41, 5.74) is 0.819. The van der Waals surface area contributed by atoms with Crippen molar-refractivity contribution in [2.24, 2.45) is 7.05 Å². The number of aryl methyl sites for hydroxylation is 1. The Hall–Kier alpha value is -2.68. The molecule has 2 saturated heterocycles. The Morgan fingerprint density at radius 1 is 1.23 bits per heavy atom. The smallest absolute Gasteiger partial charge is 0.323 e. The molecule has 0 radical (unpaired) electrons. The lowest BCUT2D eigenvalue weighted by molar-refractivity contribution is -0.0157. The van der Waals surface area contributed by atoms with Crippen LogP contribution in [0.15, 0.2) is 24.5 Å². The van der Waals surface area contributed by atoms with Gasteiger partial charge in [-0.15, -0.1) is 0 Å². The molecule has 2 aliphatic heterocycles. The lowest BCUT2D eigenvalue weighted by Gasteiger charge is -2.32. The molecule has 0 aliphatic carbocycles. The molecule has 1 atom stereocenters. The minimum atomic E-state index is -0.245. The van der Waals surface area contributed by atoms with Crippen molar-refractivity contribution in [3.05, 3.63) is 30.2 Å². The first kappa shape index (κ1) is 16.8. The van der Waals surface area contributed by atoms with Crippen molar-refractivity contribution in [1.29, 1.82) is 0 Å². The summed E-state index contributed by atoms with van der Waals surface area (Å²) in [4.78, 5) is 25.6. The first-order valence-electron chi connectivity index (χ1n) is 8.94. The van der Waals surface area contributed by atoms with E-state index in [2.05, 4.69) is 25.3 Å². The number of rotatable bonds is 3. The molecule has 0 spiro atoms. The molecule has 4 heterocycles. The van der Waals surface area contributed by atoms with Crippen molar-refractivity contribution < 1.29 is 9.53 Å². The first-order valence-corrected chi connectivity index (χ1v) is 8.94. The van der Waals surface area contributed by atoms with Crippen molar-refractivity contribution in [2.45, 2.75) is 18.9 Å². The zero-order valence-corrected chi connectivity index (χ0v) is 14.8. The van der Waals surface area contributed by atoms with Gasteiger partial charge in [0, 0.05) is 38.9 Å². The van der Waals surface area contributed by atoms with Crippen LogP contribution < -0.4 is 10.2 Å². The van der Waals surface area contributed by atoms with E-state index in [4.69, 9.17) is 4.74 Å². The number of hydrogen-bond donors (Lipinski definition) is 1. The van der Waals surface area contributed by atoms with E-state index in [1.165, 1.54) is 12.8 Å². The Morgan fingerprint density at radius 2 is 2.08 bits per heavy atom. The molecule has 4 rings (SSSR count). The van der Waals surface area contributed by atoms with Gasteiger partial charge in [-0.3, -0.25) is 10.00 Å². The number of anilines is 2. The average molecular weight is 357 g/mol. The van der Waals surface area contributed by atoms with Crippen molar-refractivity contribution >= 4 is 17.8 Å². The maximum Gasteiger partial charge on any atom is 0.323 e. The summed E-state index contributed by atoms with van der Waals surface area (Å²) in [5.74, 6) is 1.41. The lowest BCUT2D eigenvalue weighted by Crippen LogP contribution is -2.44. The number of amides is 2. The lowest BCUT2D eigenvalue weighted by atomic mass is 10.2. The molecule has 2 aromatic rings. The molecule has 0 unspecified atom stereocenters. The quantitative estimate of drug-likeness (QED) is 0.894. The van der Waals surface area contributed by atoms with Gasteiger partial charge in [0.05, 0.1) is 25.0 Å². The van der Waals surface area contributed by atoms with Gasteiger partial charge in [-0.2, -0.15) is 5.10 Å². The van der Waals surface area contributed by atoms with E-state index in [9.17, 15) is 4.79 Å². The highest BCUT2D eigenvalue weighted by Gasteiger charge is 2.27. The Bertz CT molecular complexity index is 772. The Labute approximate surface area is 152 Å². The maximum atomic E-state index is 12.5. The molecule has 0 bridgehead atoms. The summed E-state index contributed by atoms with van der Waals surface area (Å²) in [6.45, 7) is 3.47. The Balaban J connectivity index is 1.44. The molecule has 0 aromatic carbocycles. The second-order valence-corrected chi connectivity index (χ2v) is 6.55. The third-order valence-corrected chi connectivity index (χ3v) is 4.79. The Morgan fingerprint density at radius 3 is 2.85 bits per heavy atom. The topological polar surface area (TPSA) is 88.4 Å². The number of nitrogens with zero attached hydrogens (tertiary/aromatic N) is 6. The predicted molar refractivity (Wildman–Crippen MR) is 96.0 cm³/mol. The zero-order chi connectivity index (χ0) is 17.9. The van der Waals surface area contributed by atoms with E-state index < -0.39 is 0 Å². The van der Waals surface area contributed by atoms with Crippen LogP contribution in [0.25, 0.3) is 0 Å². The molecule has 138 valence electrons. The standard InChI is InChI=1S/C17H23N7O2/c1-22-15(5-7-19-22)21-17(25)24-10-11-26-14(12-24)13-4-6-18-16(20-13)23-8-2-3-9-23/h4-7,14H,2-3,8-12H2,1H3,(H,21,25)/t14-/m1/s1. The minimum Gasteiger partial charge on any atom is -0.368 e. The molecule has 1 N–H and O–H groups in total. The van der Waals surface area contributed by atoms with Crippen molar-refractivity contribution in [2.75, 3.05) is 43.0 Å². The zero-order valence-electron chi connectivity index (χ0n) is 14.8. The molecular weight excluding hydrogens is 334 g/mol. The highest BCUT2D eigenvalue weighted by atomic mass is 16.5. The van der Waals surface area contributed by atoms with E-state index in [1.54, 1.807) is 35.1 Å². The molecule has 9 nitrogen and oxygen atoms in total. The number of urea groups is 1. The number of ether oxygens (including phenoxy) is 1. The number of carbonyl (C=O) groups is 1. The number of aromatic nitrogens is 4. The van der Waals surface area contributed by atoms with E-state index in [-0.39, 0.29) is 12.1 Å². The van der Waals surface area contributed by atoms with E-state index in [1.807, 2.05) is 6.07 Å². The van der Waals surface area contributed by atoms with Crippen LogP contribution in [0, 0.1) is 0 Å². The largest absolute Gasteiger partial charge is 0.368 e. The van der Waals surface area contributed by atoms with Gasteiger partial charge < -0.3 is 14.5 Å². The molecule has 2 amide bonds. The van der Waals surface area contributed by atoms with Gasteiger partial charge in [0.2, 0.25) is 5.95 Å². The fraction of sp³-hybridized carbons (Fsp3) is 0.529. The van der Waals surface area contributed by atoms with Gasteiger partial charge in [-0.25, -0.2) is 14.8 Å².